The van der Waals surface area contributed by atoms with Gasteiger partial charge in [-0.15, -0.1) is 0 Å². The van der Waals surface area contributed by atoms with Crippen molar-refractivity contribution in [2.75, 3.05) is 47.0 Å². The van der Waals surface area contributed by atoms with E-state index < -0.39 is 0 Å². The summed E-state index contributed by atoms with van der Waals surface area (Å²) >= 11 is 0. The van der Waals surface area contributed by atoms with Crippen LogP contribution in [0.4, 0.5) is 0 Å². The van der Waals surface area contributed by atoms with E-state index in [1.54, 1.807) is 0 Å². The van der Waals surface area contributed by atoms with E-state index in [0.29, 0.717) is 18.1 Å². The molecule has 0 saturated carbocycles. The summed E-state index contributed by atoms with van der Waals surface area (Å²) in [5, 5.41) is 3.58. The van der Waals surface area contributed by atoms with Crippen molar-refractivity contribution >= 4 is 0 Å². The topological polar surface area (TPSA) is 33.7 Å². The zero-order chi connectivity index (χ0) is 13.4. The maximum absolute atomic E-state index is 5.76. The first kappa shape index (κ1) is 15.9. The lowest BCUT2D eigenvalue weighted by Gasteiger charge is -2.32. The molecule has 1 heterocycles. The quantitative estimate of drug-likeness (QED) is 0.667. The molecule has 1 aliphatic heterocycles. The van der Waals surface area contributed by atoms with Crippen molar-refractivity contribution < 1.29 is 9.47 Å². The van der Waals surface area contributed by atoms with E-state index >= 15 is 0 Å². The van der Waals surface area contributed by atoms with E-state index in [1.165, 1.54) is 0 Å². The van der Waals surface area contributed by atoms with Crippen LogP contribution in [0.25, 0.3) is 0 Å². The summed E-state index contributed by atoms with van der Waals surface area (Å²) < 4.78 is 11.3. The Bertz CT molecular complexity index is 210. The molecule has 4 heteroatoms. The van der Waals surface area contributed by atoms with E-state index in [0.717, 1.165) is 45.8 Å². The molecule has 0 aliphatic carbocycles. The van der Waals surface area contributed by atoms with Crippen LogP contribution in [0.15, 0.2) is 0 Å². The van der Waals surface area contributed by atoms with Gasteiger partial charge in [0.05, 0.1) is 19.3 Å². The normalized spacial score (nSPS) is 25.0. The lowest BCUT2D eigenvalue weighted by molar-refractivity contribution is -0.0252. The van der Waals surface area contributed by atoms with Crippen molar-refractivity contribution in [2.24, 2.45) is 5.92 Å². The van der Waals surface area contributed by atoms with Gasteiger partial charge in [-0.05, 0) is 32.9 Å². The Labute approximate surface area is 112 Å². The van der Waals surface area contributed by atoms with E-state index in [9.17, 15) is 0 Å². The second-order valence-corrected chi connectivity index (χ2v) is 5.74. The van der Waals surface area contributed by atoms with E-state index in [4.69, 9.17) is 9.47 Å². The third-order valence-corrected chi connectivity index (χ3v) is 3.42. The zero-order valence-corrected chi connectivity index (χ0v) is 12.4. The Hall–Kier alpha value is -0.160. The minimum Gasteiger partial charge on any atom is -0.379 e. The number of nitrogens with zero attached hydrogens (tertiary/aromatic N) is 1. The molecule has 0 amide bonds. The summed E-state index contributed by atoms with van der Waals surface area (Å²) in [6.45, 7) is 8.92. The first-order chi connectivity index (χ1) is 8.59. The van der Waals surface area contributed by atoms with Gasteiger partial charge in [0.25, 0.3) is 0 Å². The third kappa shape index (κ3) is 6.69. The summed E-state index contributed by atoms with van der Waals surface area (Å²) in [4.78, 5) is 2.14. The van der Waals surface area contributed by atoms with Gasteiger partial charge in [0, 0.05) is 25.7 Å². The van der Waals surface area contributed by atoms with Crippen LogP contribution in [0.2, 0.25) is 0 Å². The highest BCUT2D eigenvalue weighted by Gasteiger charge is 2.24. The van der Waals surface area contributed by atoms with Gasteiger partial charge in [-0.1, -0.05) is 13.8 Å². The molecule has 0 bridgehead atoms. The molecule has 0 aromatic heterocycles. The number of ether oxygens (including phenoxy) is 2. The van der Waals surface area contributed by atoms with Gasteiger partial charge in [-0.3, -0.25) is 0 Å². The van der Waals surface area contributed by atoms with Gasteiger partial charge in [0.1, 0.15) is 0 Å². The molecule has 1 rings (SSSR count). The van der Waals surface area contributed by atoms with E-state index in [2.05, 4.69) is 38.2 Å². The third-order valence-electron chi connectivity index (χ3n) is 3.42. The van der Waals surface area contributed by atoms with Crippen LogP contribution in [-0.2, 0) is 9.47 Å². The molecule has 1 fully saturated rings. The van der Waals surface area contributed by atoms with Crippen molar-refractivity contribution in [2.45, 2.75) is 38.8 Å². The van der Waals surface area contributed by atoms with Crippen LogP contribution >= 0.6 is 0 Å². The number of likely N-dealkylation sites (N-methyl/N-ethyl adjacent to an activating group) is 1. The van der Waals surface area contributed by atoms with Crippen LogP contribution in [0, 0.1) is 5.92 Å². The van der Waals surface area contributed by atoms with Gasteiger partial charge >= 0.3 is 0 Å². The zero-order valence-electron chi connectivity index (χ0n) is 12.4. The average molecular weight is 258 g/mol. The van der Waals surface area contributed by atoms with Gasteiger partial charge in [-0.2, -0.15) is 0 Å². The van der Waals surface area contributed by atoms with Crippen LogP contribution in [0.5, 0.6) is 0 Å². The molecule has 1 saturated heterocycles. The molecule has 2 unspecified atom stereocenters. The number of nitrogens with one attached hydrogen (secondary N) is 1. The summed E-state index contributed by atoms with van der Waals surface area (Å²) in [6, 6.07) is 0.601. The number of hydrogen-bond donors (Lipinski definition) is 1. The molecule has 0 aromatic carbocycles. The molecule has 0 aromatic rings. The maximum atomic E-state index is 5.76. The minimum atomic E-state index is 0.422. The second-order valence-electron chi connectivity index (χ2n) is 5.74. The van der Waals surface area contributed by atoms with Gasteiger partial charge in [-0.25, -0.2) is 0 Å². The molecular weight excluding hydrogens is 228 g/mol. The van der Waals surface area contributed by atoms with Gasteiger partial charge in [0.2, 0.25) is 0 Å². The van der Waals surface area contributed by atoms with Crippen LogP contribution in [0.3, 0.4) is 0 Å². The SMILES string of the molecule is CC(C)C1CC(NCCOCCN(C)C)CCO1. The lowest BCUT2D eigenvalue weighted by atomic mass is 9.95. The van der Waals surface area contributed by atoms with E-state index in [-0.39, 0.29) is 0 Å². The van der Waals surface area contributed by atoms with Gasteiger partial charge in [0.15, 0.2) is 0 Å². The highest BCUT2D eigenvalue weighted by atomic mass is 16.5. The Morgan fingerprint density at radius 3 is 2.78 bits per heavy atom. The standard InChI is InChI=1S/C14H30N2O2/c1-12(2)14-11-13(5-8-18-14)15-6-9-17-10-7-16(3)4/h12-15H,5-11H2,1-4H3. The van der Waals surface area contributed by atoms with E-state index in [1.807, 2.05) is 0 Å². The fourth-order valence-corrected chi connectivity index (χ4v) is 2.16. The highest BCUT2D eigenvalue weighted by molar-refractivity contribution is 4.78. The fraction of sp³-hybridized carbons (Fsp3) is 1.00. The molecular formula is C14H30N2O2. The monoisotopic (exact) mass is 258 g/mol. The Morgan fingerprint density at radius 1 is 1.33 bits per heavy atom. The van der Waals surface area contributed by atoms with Crippen molar-refractivity contribution in [3.05, 3.63) is 0 Å². The Balaban J connectivity index is 2.01. The highest BCUT2D eigenvalue weighted by Crippen LogP contribution is 2.19. The molecule has 1 aliphatic rings. The maximum Gasteiger partial charge on any atom is 0.0612 e. The minimum absolute atomic E-state index is 0.422. The molecule has 0 radical (unpaired) electrons. The van der Waals surface area contributed by atoms with Crippen LogP contribution in [0.1, 0.15) is 26.7 Å². The summed E-state index contributed by atoms with van der Waals surface area (Å²) in [5.74, 6) is 0.617. The average Bonchev–Trinajstić information content (AvgIpc) is 2.33. The molecule has 1 N–H and O–H groups in total. The van der Waals surface area contributed by atoms with Crippen molar-refractivity contribution in [3.8, 4) is 0 Å². The van der Waals surface area contributed by atoms with Crippen LogP contribution in [-0.4, -0.2) is 64.1 Å². The summed E-state index contributed by atoms with van der Waals surface area (Å²) in [5.41, 5.74) is 0. The summed E-state index contributed by atoms with van der Waals surface area (Å²) in [6.07, 6.45) is 2.68. The molecule has 18 heavy (non-hydrogen) atoms. The predicted octanol–water partition coefficient (Wildman–Crippen LogP) is 1.36. The van der Waals surface area contributed by atoms with Crippen LogP contribution < -0.4 is 5.32 Å². The number of rotatable bonds is 8. The largest absolute Gasteiger partial charge is 0.379 e. The Kier molecular flexibility index (Phi) is 7.82. The predicted molar refractivity (Wildman–Crippen MR) is 75.0 cm³/mol. The molecule has 4 nitrogen and oxygen atoms in total. The molecule has 2 atom stereocenters. The van der Waals surface area contributed by atoms with Crippen molar-refractivity contribution in [1.29, 1.82) is 0 Å². The molecule has 108 valence electrons. The molecule has 0 spiro atoms. The first-order valence-corrected chi connectivity index (χ1v) is 7.17. The second kappa shape index (κ2) is 8.86. The van der Waals surface area contributed by atoms with Gasteiger partial charge < -0.3 is 19.7 Å². The lowest BCUT2D eigenvalue weighted by Crippen LogP contribution is -2.42. The number of hydrogen-bond acceptors (Lipinski definition) is 4. The smallest absolute Gasteiger partial charge is 0.0612 e. The van der Waals surface area contributed by atoms with Crippen molar-refractivity contribution in [1.82, 2.24) is 10.2 Å². The fourth-order valence-electron chi connectivity index (χ4n) is 2.16. The summed E-state index contributed by atoms with van der Waals surface area (Å²) in [7, 11) is 4.13. The Morgan fingerprint density at radius 2 is 2.11 bits per heavy atom. The first-order valence-electron chi connectivity index (χ1n) is 7.17. The van der Waals surface area contributed by atoms with Crippen molar-refractivity contribution in [3.63, 3.8) is 0 Å².